The summed E-state index contributed by atoms with van der Waals surface area (Å²) in [5.74, 6) is 0.407. The van der Waals surface area contributed by atoms with Crippen LogP contribution in [0.15, 0.2) is 42.5 Å². The third kappa shape index (κ3) is 3.25. The highest BCUT2D eigenvalue weighted by Crippen LogP contribution is 2.33. The van der Waals surface area contributed by atoms with Crippen LogP contribution in [0.1, 0.15) is 12.5 Å². The van der Waals surface area contributed by atoms with Crippen molar-refractivity contribution in [3.8, 4) is 17.0 Å². The van der Waals surface area contributed by atoms with Gasteiger partial charge in [-0.3, -0.25) is 4.79 Å². The number of halogens is 1. The van der Waals surface area contributed by atoms with E-state index >= 15 is 0 Å². The quantitative estimate of drug-likeness (QED) is 0.752. The minimum Gasteiger partial charge on any atom is -0.497 e. The minimum absolute atomic E-state index is 0.0697. The first-order chi connectivity index (χ1) is 11.6. The van der Waals surface area contributed by atoms with Crippen LogP contribution in [0.25, 0.3) is 22.2 Å². The lowest BCUT2D eigenvalue weighted by atomic mass is 10.0. The van der Waals surface area contributed by atoms with E-state index in [2.05, 4.69) is 10.3 Å². The van der Waals surface area contributed by atoms with Gasteiger partial charge in [-0.1, -0.05) is 12.1 Å². The molecule has 0 radical (unpaired) electrons. The number of carbonyl (C=O) groups is 1. The molecule has 0 aliphatic heterocycles. The number of nitrogens with one attached hydrogen (secondary N) is 2. The Morgan fingerprint density at radius 3 is 2.79 bits per heavy atom. The molecule has 2 N–H and O–H groups in total. The number of fused-ring (bicyclic) bond motifs is 1. The number of hydrogen-bond donors (Lipinski definition) is 2. The van der Waals surface area contributed by atoms with Gasteiger partial charge in [0, 0.05) is 35.6 Å². The molecule has 1 aromatic heterocycles. The maximum Gasteiger partial charge on any atom is 0.216 e. The van der Waals surface area contributed by atoms with Gasteiger partial charge in [-0.15, -0.1) is 0 Å². The zero-order chi connectivity index (χ0) is 17.1. The number of amides is 1. The summed E-state index contributed by atoms with van der Waals surface area (Å²) in [6, 6.07) is 12.3. The van der Waals surface area contributed by atoms with E-state index in [0.29, 0.717) is 13.0 Å². The van der Waals surface area contributed by atoms with Crippen LogP contribution in [0.2, 0.25) is 0 Å². The molecule has 5 heteroatoms. The number of benzene rings is 2. The Balaban J connectivity index is 2.10. The van der Waals surface area contributed by atoms with E-state index in [1.54, 1.807) is 13.2 Å². The summed E-state index contributed by atoms with van der Waals surface area (Å²) >= 11 is 0. The second kappa shape index (κ2) is 6.74. The van der Waals surface area contributed by atoms with Crippen molar-refractivity contribution in [3.63, 3.8) is 0 Å². The predicted molar refractivity (Wildman–Crippen MR) is 92.6 cm³/mol. The Labute approximate surface area is 139 Å². The van der Waals surface area contributed by atoms with E-state index in [1.165, 1.54) is 19.1 Å². The molecule has 0 saturated heterocycles. The molecule has 0 unspecified atom stereocenters. The van der Waals surface area contributed by atoms with E-state index in [0.717, 1.165) is 33.5 Å². The summed E-state index contributed by atoms with van der Waals surface area (Å²) < 4.78 is 18.9. The van der Waals surface area contributed by atoms with E-state index in [-0.39, 0.29) is 11.7 Å². The number of rotatable bonds is 5. The van der Waals surface area contributed by atoms with E-state index in [9.17, 15) is 9.18 Å². The summed E-state index contributed by atoms with van der Waals surface area (Å²) in [7, 11) is 1.62. The van der Waals surface area contributed by atoms with Crippen molar-refractivity contribution in [2.24, 2.45) is 0 Å². The predicted octanol–water partition coefficient (Wildman–Crippen LogP) is 3.66. The highest BCUT2D eigenvalue weighted by molar-refractivity contribution is 5.91. The number of ether oxygens (including phenoxy) is 1. The highest BCUT2D eigenvalue weighted by atomic mass is 19.1. The van der Waals surface area contributed by atoms with Gasteiger partial charge in [0.1, 0.15) is 11.6 Å². The van der Waals surface area contributed by atoms with Crippen LogP contribution in [-0.4, -0.2) is 24.5 Å². The second-order valence-electron chi connectivity index (χ2n) is 5.63. The van der Waals surface area contributed by atoms with E-state index < -0.39 is 0 Å². The molecule has 0 aliphatic carbocycles. The topological polar surface area (TPSA) is 54.1 Å². The zero-order valence-electron chi connectivity index (χ0n) is 13.7. The standard InChI is InChI=1S/C19H19FN2O2/c1-12(23)21-9-8-16-17-11-15(24-2)6-7-18(17)22-19(16)13-4-3-5-14(20)10-13/h3-7,10-11,22H,8-9H2,1-2H3,(H,21,23). The summed E-state index contributed by atoms with van der Waals surface area (Å²) in [6.07, 6.45) is 0.637. The van der Waals surface area contributed by atoms with Crippen molar-refractivity contribution in [1.29, 1.82) is 0 Å². The Kier molecular flexibility index (Phi) is 4.51. The Morgan fingerprint density at radius 1 is 1.25 bits per heavy atom. The fourth-order valence-corrected chi connectivity index (χ4v) is 2.87. The molecule has 124 valence electrons. The van der Waals surface area contributed by atoms with Crippen LogP contribution >= 0.6 is 0 Å². The monoisotopic (exact) mass is 326 g/mol. The van der Waals surface area contributed by atoms with E-state index in [4.69, 9.17) is 4.74 Å². The zero-order valence-corrected chi connectivity index (χ0v) is 13.7. The van der Waals surface area contributed by atoms with Gasteiger partial charge in [-0.2, -0.15) is 0 Å². The first kappa shape index (κ1) is 16.1. The molecule has 1 heterocycles. The van der Waals surface area contributed by atoms with Crippen LogP contribution in [0, 0.1) is 5.82 Å². The Bertz CT molecular complexity index is 886. The largest absolute Gasteiger partial charge is 0.497 e. The van der Waals surface area contributed by atoms with Crippen LogP contribution in [0.4, 0.5) is 4.39 Å². The summed E-state index contributed by atoms with van der Waals surface area (Å²) in [5, 5.41) is 3.82. The fourth-order valence-electron chi connectivity index (χ4n) is 2.87. The SMILES string of the molecule is COc1ccc2[nH]c(-c3cccc(F)c3)c(CCNC(C)=O)c2c1. The molecule has 1 amide bonds. The first-order valence-electron chi connectivity index (χ1n) is 7.77. The molecule has 0 bridgehead atoms. The maximum absolute atomic E-state index is 13.6. The van der Waals surface area contributed by atoms with Gasteiger partial charge in [0.2, 0.25) is 5.91 Å². The summed E-state index contributed by atoms with van der Waals surface area (Å²) in [4.78, 5) is 14.5. The molecule has 0 fully saturated rings. The van der Waals surface area contributed by atoms with Gasteiger partial charge in [0.05, 0.1) is 7.11 Å². The van der Waals surface area contributed by atoms with Crippen molar-refractivity contribution in [1.82, 2.24) is 10.3 Å². The Morgan fingerprint density at radius 2 is 2.08 bits per heavy atom. The smallest absolute Gasteiger partial charge is 0.216 e. The van der Waals surface area contributed by atoms with Crippen molar-refractivity contribution in [3.05, 3.63) is 53.8 Å². The van der Waals surface area contributed by atoms with Crippen LogP contribution in [-0.2, 0) is 11.2 Å². The second-order valence-corrected chi connectivity index (χ2v) is 5.63. The third-order valence-corrected chi connectivity index (χ3v) is 3.98. The molecule has 0 spiro atoms. The molecule has 3 rings (SSSR count). The number of carbonyl (C=O) groups excluding carboxylic acids is 1. The molecule has 0 atom stereocenters. The molecule has 0 saturated carbocycles. The van der Waals surface area contributed by atoms with Crippen LogP contribution < -0.4 is 10.1 Å². The number of H-pyrrole nitrogens is 1. The normalized spacial score (nSPS) is 10.8. The van der Waals surface area contributed by atoms with Gasteiger partial charge in [0.25, 0.3) is 0 Å². The van der Waals surface area contributed by atoms with Gasteiger partial charge < -0.3 is 15.0 Å². The van der Waals surface area contributed by atoms with Crippen molar-refractivity contribution >= 4 is 16.8 Å². The molecule has 3 aromatic rings. The van der Waals surface area contributed by atoms with E-state index in [1.807, 2.05) is 24.3 Å². The highest BCUT2D eigenvalue weighted by Gasteiger charge is 2.14. The number of hydrogen-bond acceptors (Lipinski definition) is 2. The molecule has 0 aliphatic rings. The minimum atomic E-state index is -0.281. The first-order valence-corrected chi connectivity index (χ1v) is 7.77. The van der Waals surface area contributed by atoms with Crippen LogP contribution in [0.5, 0.6) is 5.75 Å². The number of aromatic nitrogens is 1. The van der Waals surface area contributed by atoms with Crippen molar-refractivity contribution < 1.29 is 13.9 Å². The van der Waals surface area contributed by atoms with Gasteiger partial charge in [-0.05, 0) is 42.3 Å². The average molecular weight is 326 g/mol. The third-order valence-electron chi connectivity index (χ3n) is 3.98. The lowest BCUT2D eigenvalue weighted by Crippen LogP contribution is -2.22. The summed E-state index contributed by atoms with van der Waals surface area (Å²) in [5.41, 5.74) is 3.63. The van der Waals surface area contributed by atoms with Gasteiger partial charge in [0.15, 0.2) is 0 Å². The van der Waals surface area contributed by atoms with Crippen molar-refractivity contribution in [2.45, 2.75) is 13.3 Å². The average Bonchev–Trinajstić information content (AvgIpc) is 2.92. The lowest BCUT2D eigenvalue weighted by molar-refractivity contribution is -0.118. The van der Waals surface area contributed by atoms with Crippen molar-refractivity contribution in [2.75, 3.05) is 13.7 Å². The Hall–Kier alpha value is -2.82. The van der Waals surface area contributed by atoms with Gasteiger partial charge in [-0.25, -0.2) is 4.39 Å². The fraction of sp³-hybridized carbons (Fsp3) is 0.211. The molecular weight excluding hydrogens is 307 g/mol. The molecule has 2 aromatic carbocycles. The lowest BCUT2D eigenvalue weighted by Gasteiger charge is -2.07. The maximum atomic E-state index is 13.6. The van der Waals surface area contributed by atoms with Gasteiger partial charge >= 0.3 is 0 Å². The molecular formula is C19H19FN2O2. The molecule has 24 heavy (non-hydrogen) atoms. The summed E-state index contributed by atoms with van der Waals surface area (Å²) in [6.45, 7) is 2.01. The van der Waals surface area contributed by atoms with Crippen LogP contribution in [0.3, 0.4) is 0 Å². The number of aromatic amines is 1. The number of methoxy groups -OCH3 is 1. The molecule has 4 nitrogen and oxygen atoms in total.